The summed E-state index contributed by atoms with van der Waals surface area (Å²) in [6.45, 7) is 0.693. The largest absolute Gasteiger partial charge is 0.398 e. The Labute approximate surface area is 113 Å². The average Bonchev–Trinajstić information content (AvgIpc) is 3.14. The molecule has 1 saturated carbocycles. The van der Waals surface area contributed by atoms with Gasteiger partial charge in [-0.25, -0.2) is 0 Å². The van der Waals surface area contributed by atoms with Crippen LogP contribution < -0.4 is 11.1 Å². The number of carbonyl (C=O) groups excluding carboxylic acids is 1. The van der Waals surface area contributed by atoms with E-state index in [0.29, 0.717) is 28.1 Å². The van der Waals surface area contributed by atoms with Crippen LogP contribution in [-0.2, 0) is 15.6 Å². The molecule has 1 aromatic carbocycles. The summed E-state index contributed by atoms with van der Waals surface area (Å²) >= 11 is 5.85. The zero-order valence-corrected chi connectivity index (χ0v) is 11.4. The lowest BCUT2D eigenvalue weighted by Crippen LogP contribution is -2.30. The van der Waals surface area contributed by atoms with E-state index in [-0.39, 0.29) is 11.7 Å². The molecule has 1 unspecified atom stereocenters. The van der Waals surface area contributed by atoms with Crippen molar-refractivity contribution in [3.05, 3.63) is 23.2 Å². The predicted octanol–water partition coefficient (Wildman–Crippen LogP) is 1.56. The predicted molar refractivity (Wildman–Crippen MR) is 72.9 cm³/mol. The summed E-state index contributed by atoms with van der Waals surface area (Å²) in [6, 6.07) is 4.77. The lowest BCUT2D eigenvalue weighted by atomic mass is 10.3. The Bertz CT molecular complexity index is 489. The molecule has 1 amide bonds. The van der Waals surface area contributed by atoms with Crippen molar-refractivity contribution < 1.29 is 9.00 Å². The van der Waals surface area contributed by atoms with Crippen LogP contribution >= 0.6 is 11.6 Å². The van der Waals surface area contributed by atoms with Crippen LogP contribution in [0.25, 0.3) is 0 Å². The minimum absolute atomic E-state index is 0.0348. The smallest absolute Gasteiger partial charge is 0.233 e. The molecule has 0 radical (unpaired) electrons. The molecule has 0 aliphatic heterocycles. The number of hydrogen-bond donors (Lipinski definition) is 2. The van der Waals surface area contributed by atoms with Crippen molar-refractivity contribution in [3.63, 3.8) is 0 Å². The van der Waals surface area contributed by atoms with Crippen LogP contribution in [0.5, 0.6) is 0 Å². The molecular formula is C12H15ClN2O2S. The third-order valence-corrected chi connectivity index (χ3v) is 4.41. The van der Waals surface area contributed by atoms with Crippen molar-refractivity contribution >= 4 is 34.0 Å². The standard InChI is InChI=1S/C12H15ClN2O2S/c13-10-5-9(3-4-11(10)14)18(17)7-12(16)15-6-8-1-2-8/h3-5,8H,1-2,6-7,14H2,(H,15,16). The number of benzene rings is 1. The second-order valence-electron chi connectivity index (χ2n) is 4.42. The summed E-state index contributed by atoms with van der Waals surface area (Å²) in [6.07, 6.45) is 2.36. The van der Waals surface area contributed by atoms with Crippen LogP contribution in [0.3, 0.4) is 0 Å². The molecule has 18 heavy (non-hydrogen) atoms. The van der Waals surface area contributed by atoms with Gasteiger partial charge in [-0.1, -0.05) is 11.6 Å². The van der Waals surface area contributed by atoms with Crippen molar-refractivity contribution in [2.24, 2.45) is 5.92 Å². The molecule has 1 aliphatic rings. The van der Waals surface area contributed by atoms with E-state index in [2.05, 4.69) is 5.32 Å². The molecule has 4 nitrogen and oxygen atoms in total. The van der Waals surface area contributed by atoms with Gasteiger partial charge in [-0.3, -0.25) is 9.00 Å². The van der Waals surface area contributed by atoms with Crippen molar-refractivity contribution in [2.45, 2.75) is 17.7 Å². The maximum Gasteiger partial charge on any atom is 0.233 e. The highest BCUT2D eigenvalue weighted by molar-refractivity contribution is 7.85. The van der Waals surface area contributed by atoms with Crippen molar-refractivity contribution in [3.8, 4) is 0 Å². The van der Waals surface area contributed by atoms with Gasteiger partial charge in [0.05, 0.1) is 21.5 Å². The van der Waals surface area contributed by atoms with Crippen molar-refractivity contribution in [1.82, 2.24) is 5.32 Å². The number of hydrogen-bond acceptors (Lipinski definition) is 3. The Morgan fingerprint density at radius 2 is 2.22 bits per heavy atom. The molecule has 1 aromatic rings. The number of amides is 1. The average molecular weight is 287 g/mol. The minimum Gasteiger partial charge on any atom is -0.398 e. The van der Waals surface area contributed by atoms with Crippen LogP contribution in [0.4, 0.5) is 5.69 Å². The Morgan fingerprint density at radius 1 is 1.50 bits per heavy atom. The highest BCUT2D eigenvalue weighted by Gasteiger charge is 2.22. The van der Waals surface area contributed by atoms with Gasteiger partial charge in [-0.15, -0.1) is 0 Å². The van der Waals surface area contributed by atoms with Crippen LogP contribution in [0.2, 0.25) is 5.02 Å². The molecule has 0 aromatic heterocycles. The zero-order valence-electron chi connectivity index (χ0n) is 9.82. The number of halogens is 1. The first-order valence-electron chi connectivity index (χ1n) is 5.76. The molecule has 98 valence electrons. The Balaban J connectivity index is 1.89. The second kappa shape index (κ2) is 5.71. The van der Waals surface area contributed by atoms with Crippen LogP contribution in [-0.4, -0.2) is 22.4 Å². The molecule has 0 saturated heterocycles. The fraction of sp³-hybridized carbons (Fsp3) is 0.417. The molecule has 0 bridgehead atoms. The summed E-state index contributed by atoms with van der Waals surface area (Å²) in [5.74, 6) is 0.397. The molecule has 0 spiro atoms. The maximum absolute atomic E-state index is 11.9. The van der Waals surface area contributed by atoms with Crippen molar-refractivity contribution in [2.75, 3.05) is 18.0 Å². The topological polar surface area (TPSA) is 72.2 Å². The molecule has 1 atom stereocenters. The first kappa shape index (κ1) is 13.4. The van der Waals surface area contributed by atoms with E-state index in [1.807, 2.05) is 0 Å². The van der Waals surface area contributed by atoms with Crippen LogP contribution in [0, 0.1) is 5.92 Å². The quantitative estimate of drug-likeness (QED) is 0.807. The van der Waals surface area contributed by atoms with Crippen LogP contribution in [0.15, 0.2) is 23.1 Å². The summed E-state index contributed by atoms with van der Waals surface area (Å²) in [4.78, 5) is 12.1. The molecule has 0 heterocycles. The minimum atomic E-state index is -1.38. The Morgan fingerprint density at radius 3 is 2.83 bits per heavy atom. The normalized spacial score (nSPS) is 16.3. The van der Waals surface area contributed by atoms with Gasteiger partial charge >= 0.3 is 0 Å². The first-order valence-corrected chi connectivity index (χ1v) is 7.46. The SMILES string of the molecule is Nc1ccc(S(=O)CC(=O)NCC2CC2)cc1Cl. The summed E-state index contributed by atoms with van der Waals surface area (Å²) in [5, 5.41) is 3.14. The first-order chi connectivity index (χ1) is 8.56. The monoisotopic (exact) mass is 286 g/mol. The molecule has 2 rings (SSSR count). The third kappa shape index (κ3) is 3.71. The van der Waals surface area contributed by atoms with Gasteiger partial charge < -0.3 is 11.1 Å². The lowest BCUT2D eigenvalue weighted by Gasteiger charge is -2.05. The van der Waals surface area contributed by atoms with Gasteiger partial charge in [0.25, 0.3) is 0 Å². The summed E-state index contributed by atoms with van der Waals surface area (Å²) in [5.41, 5.74) is 6.01. The van der Waals surface area contributed by atoms with E-state index >= 15 is 0 Å². The molecule has 1 aliphatic carbocycles. The van der Waals surface area contributed by atoms with E-state index < -0.39 is 10.8 Å². The fourth-order valence-electron chi connectivity index (χ4n) is 1.48. The fourth-order valence-corrected chi connectivity index (χ4v) is 2.70. The molecular weight excluding hydrogens is 272 g/mol. The summed E-state index contributed by atoms with van der Waals surface area (Å²) in [7, 11) is -1.38. The van der Waals surface area contributed by atoms with Gasteiger partial charge in [-0.05, 0) is 37.0 Å². The van der Waals surface area contributed by atoms with E-state index in [0.717, 1.165) is 0 Å². The number of nitrogen functional groups attached to an aromatic ring is 1. The number of anilines is 1. The van der Waals surface area contributed by atoms with E-state index in [1.165, 1.54) is 12.8 Å². The molecule has 1 fully saturated rings. The van der Waals surface area contributed by atoms with Gasteiger partial charge in [-0.2, -0.15) is 0 Å². The van der Waals surface area contributed by atoms with E-state index in [1.54, 1.807) is 18.2 Å². The van der Waals surface area contributed by atoms with Crippen LogP contribution in [0.1, 0.15) is 12.8 Å². The number of carbonyl (C=O) groups is 1. The molecule has 3 N–H and O–H groups in total. The highest BCUT2D eigenvalue weighted by atomic mass is 35.5. The van der Waals surface area contributed by atoms with Gasteiger partial charge in [0.15, 0.2) is 0 Å². The number of rotatable bonds is 5. The number of nitrogens with two attached hydrogens (primary N) is 1. The Kier molecular flexibility index (Phi) is 4.24. The van der Waals surface area contributed by atoms with Gasteiger partial charge in [0, 0.05) is 11.4 Å². The highest BCUT2D eigenvalue weighted by Crippen LogP contribution is 2.27. The zero-order chi connectivity index (χ0) is 13.1. The van der Waals surface area contributed by atoms with E-state index in [4.69, 9.17) is 17.3 Å². The maximum atomic E-state index is 11.9. The Hall–Kier alpha value is -1.07. The van der Waals surface area contributed by atoms with Gasteiger partial charge in [0.2, 0.25) is 5.91 Å². The molecule has 6 heteroatoms. The number of nitrogens with one attached hydrogen (secondary N) is 1. The third-order valence-electron chi connectivity index (χ3n) is 2.78. The van der Waals surface area contributed by atoms with Crippen molar-refractivity contribution in [1.29, 1.82) is 0 Å². The summed E-state index contributed by atoms with van der Waals surface area (Å²) < 4.78 is 11.9. The van der Waals surface area contributed by atoms with Gasteiger partial charge in [0.1, 0.15) is 5.75 Å². The second-order valence-corrected chi connectivity index (χ2v) is 6.28. The lowest BCUT2D eigenvalue weighted by molar-refractivity contribution is -0.118. The van der Waals surface area contributed by atoms with E-state index in [9.17, 15) is 9.00 Å².